The zero-order chi connectivity index (χ0) is 22.9. The fourth-order valence-corrected chi connectivity index (χ4v) is 3.60. The number of nitrogens with one attached hydrogen (secondary N) is 1. The van der Waals surface area contributed by atoms with E-state index in [0.717, 1.165) is 16.7 Å². The van der Waals surface area contributed by atoms with Gasteiger partial charge in [0.05, 0.1) is 6.33 Å². The number of rotatable bonds is 10. The number of carboxylic acids is 1. The molecule has 1 atom stereocenters. The molecule has 0 radical (unpaired) electrons. The van der Waals surface area contributed by atoms with E-state index in [-0.39, 0.29) is 5.82 Å². The van der Waals surface area contributed by atoms with Crippen molar-refractivity contribution in [1.82, 2.24) is 14.9 Å². The first-order valence-electron chi connectivity index (χ1n) is 10.0. The Morgan fingerprint density at radius 2 is 1.84 bits per heavy atom. The number of aromatic nitrogens is 2. The molecule has 0 bridgehead atoms. The average Bonchev–Trinajstić information content (AvgIpc) is 3.30. The maximum atomic E-state index is 13.4. The van der Waals surface area contributed by atoms with Crippen LogP contribution in [0.15, 0.2) is 67.3 Å². The van der Waals surface area contributed by atoms with E-state index >= 15 is 0 Å². The summed E-state index contributed by atoms with van der Waals surface area (Å²) in [5.41, 5.74) is 3.07. The molecule has 2 N–H and O–H groups in total. The Morgan fingerprint density at radius 1 is 1.16 bits per heavy atom. The fourth-order valence-electron chi connectivity index (χ4n) is 3.13. The Labute approximate surface area is 190 Å². The molecular weight excluding hydrogens is 429 g/mol. The minimum atomic E-state index is -1.05. The minimum absolute atomic E-state index is 0.303. The van der Waals surface area contributed by atoms with Gasteiger partial charge in [0.1, 0.15) is 11.9 Å². The number of thioether (sulfide) groups is 1. The molecule has 0 saturated carbocycles. The fraction of sp³-hybridized carbons (Fsp3) is 0.208. The summed E-state index contributed by atoms with van der Waals surface area (Å²) in [7, 11) is 0. The number of allylic oxidation sites excluding steroid dienone is 1. The lowest BCUT2D eigenvalue weighted by Crippen LogP contribution is -2.41. The molecule has 0 aliphatic heterocycles. The maximum absolute atomic E-state index is 13.4. The maximum Gasteiger partial charge on any atom is 0.326 e. The van der Waals surface area contributed by atoms with Crippen LogP contribution in [0.3, 0.4) is 0 Å². The normalized spacial score (nSPS) is 12.4. The molecule has 2 aromatic carbocycles. The summed E-state index contributed by atoms with van der Waals surface area (Å²) in [6, 6.07) is 12.3. The Balaban J connectivity index is 1.79. The molecule has 32 heavy (non-hydrogen) atoms. The van der Waals surface area contributed by atoms with Gasteiger partial charge >= 0.3 is 5.97 Å². The van der Waals surface area contributed by atoms with E-state index in [2.05, 4.69) is 10.3 Å². The number of carboxylic acid groups (broad SMARTS) is 1. The summed E-state index contributed by atoms with van der Waals surface area (Å²) >= 11 is 1.53. The number of hydrogen-bond donors (Lipinski definition) is 2. The number of carbonyl (C=O) groups excluding carboxylic acids is 1. The molecule has 1 amide bonds. The van der Waals surface area contributed by atoms with Crippen LogP contribution in [0.25, 0.3) is 11.6 Å². The van der Waals surface area contributed by atoms with Crippen LogP contribution in [-0.4, -0.2) is 44.6 Å². The molecule has 0 aliphatic carbocycles. The molecule has 0 aliphatic rings. The summed E-state index contributed by atoms with van der Waals surface area (Å²) in [4.78, 5) is 27.9. The van der Waals surface area contributed by atoms with Crippen LogP contribution in [0.1, 0.15) is 27.9 Å². The van der Waals surface area contributed by atoms with Gasteiger partial charge in [0, 0.05) is 24.5 Å². The molecule has 1 heterocycles. The van der Waals surface area contributed by atoms with Crippen LogP contribution in [0.4, 0.5) is 4.39 Å². The molecule has 0 spiro atoms. The van der Waals surface area contributed by atoms with Gasteiger partial charge in [-0.15, -0.1) is 0 Å². The smallest absolute Gasteiger partial charge is 0.326 e. The molecule has 0 saturated heterocycles. The van der Waals surface area contributed by atoms with Crippen molar-refractivity contribution in [3.05, 3.63) is 89.8 Å². The molecule has 166 valence electrons. The van der Waals surface area contributed by atoms with E-state index in [1.54, 1.807) is 48.9 Å². The van der Waals surface area contributed by atoms with Crippen molar-refractivity contribution < 1.29 is 19.1 Å². The van der Waals surface area contributed by atoms with Gasteiger partial charge in [0.2, 0.25) is 0 Å². The highest BCUT2D eigenvalue weighted by molar-refractivity contribution is 7.98. The summed E-state index contributed by atoms with van der Waals surface area (Å²) in [6.45, 7) is 0.545. The van der Waals surface area contributed by atoms with Crippen LogP contribution >= 0.6 is 11.8 Å². The monoisotopic (exact) mass is 453 g/mol. The van der Waals surface area contributed by atoms with Crippen LogP contribution in [0.5, 0.6) is 0 Å². The van der Waals surface area contributed by atoms with Crippen molar-refractivity contribution in [3.63, 3.8) is 0 Å². The number of aliphatic carboxylic acids is 1. The second-order valence-electron chi connectivity index (χ2n) is 7.18. The predicted molar refractivity (Wildman–Crippen MR) is 125 cm³/mol. The van der Waals surface area contributed by atoms with Crippen molar-refractivity contribution in [2.24, 2.45) is 0 Å². The van der Waals surface area contributed by atoms with Crippen molar-refractivity contribution >= 4 is 35.3 Å². The largest absolute Gasteiger partial charge is 0.480 e. The van der Waals surface area contributed by atoms with Crippen LogP contribution < -0.4 is 5.32 Å². The number of hydrogen-bond acceptors (Lipinski definition) is 4. The number of benzene rings is 2. The second-order valence-corrected chi connectivity index (χ2v) is 8.16. The average molecular weight is 454 g/mol. The third-order valence-electron chi connectivity index (χ3n) is 4.85. The van der Waals surface area contributed by atoms with Crippen molar-refractivity contribution in [1.29, 1.82) is 0 Å². The van der Waals surface area contributed by atoms with Gasteiger partial charge in [-0.2, -0.15) is 11.8 Å². The van der Waals surface area contributed by atoms with E-state index in [9.17, 15) is 19.1 Å². The number of amides is 1. The number of halogens is 1. The third-order valence-corrected chi connectivity index (χ3v) is 5.50. The minimum Gasteiger partial charge on any atom is -0.480 e. The van der Waals surface area contributed by atoms with E-state index in [1.807, 2.05) is 23.1 Å². The van der Waals surface area contributed by atoms with Gasteiger partial charge in [-0.1, -0.05) is 24.3 Å². The van der Waals surface area contributed by atoms with E-state index < -0.39 is 17.9 Å². The first-order valence-corrected chi connectivity index (χ1v) is 11.4. The highest BCUT2D eigenvalue weighted by Crippen LogP contribution is 2.21. The van der Waals surface area contributed by atoms with Gasteiger partial charge < -0.3 is 15.0 Å². The van der Waals surface area contributed by atoms with Crippen LogP contribution in [0.2, 0.25) is 0 Å². The van der Waals surface area contributed by atoms with Crippen molar-refractivity contribution in [2.45, 2.75) is 19.0 Å². The van der Waals surface area contributed by atoms with Gasteiger partial charge in [0.15, 0.2) is 0 Å². The number of carbonyl (C=O) groups is 2. The van der Waals surface area contributed by atoms with Gasteiger partial charge in [-0.05, 0) is 65.5 Å². The highest BCUT2D eigenvalue weighted by Gasteiger charge is 2.20. The SMILES string of the molecule is CSCCC(NC(=O)c1ccc(/C=C(/Cn2ccnc2)c2ccc(F)cc2)cc1)C(=O)O. The van der Waals surface area contributed by atoms with Gasteiger partial charge in [-0.3, -0.25) is 4.79 Å². The lowest BCUT2D eigenvalue weighted by molar-refractivity contribution is -0.139. The molecule has 1 unspecified atom stereocenters. The molecule has 3 aromatic rings. The zero-order valence-electron chi connectivity index (χ0n) is 17.6. The Bertz CT molecular complexity index is 1060. The summed E-state index contributed by atoms with van der Waals surface area (Å²) in [6.07, 6.45) is 9.46. The summed E-state index contributed by atoms with van der Waals surface area (Å²) in [5.74, 6) is -1.13. The molecule has 0 fully saturated rings. The van der Waals surface area contributed by atoms with Gasteiger partial charge in [0.25, 0.3) is 5.91 Å². The second kappa shape index (κ2) is 11.3. The molecule has 3 rings (SSSR count). The first kappa shape index (κ1) is 23.3. The Hall–Kier alpha value is -3.39. The summed E-state index contributed by atoms with van der Waals surface area (Å²) < 4.78 is 15.3. The lowest BCUT2D eigenvalue weighted by atomic mass is 10.0. The molecule has 1 aromatic heterocycles. The standard InChI is InChI=1S/C24H24FN3O3S/c1-32-13-10-22(24(30)31)27-23(29)19-4-2-17(3-5-19)14-20(15-28-12-11-26-16-28)18-6-8-21(25)9-7-18/h2-9,11-12,14,16,22H,10,13,15H2,1H3,(H,27,29)(H,30,31)/b20-14-. The molecular formula is C24H24FN3O3S. The van der Waals surface area contributed by atoms with Crippen LogP contribution in [0, 0.1) is 5.82 Å². The topological polar surface area (TPSA) is 84.2 Å². The quantitative estimate of drug-likeness (QED) is 0.450. The first-order chi connectivity index (χ1) is 15.5. The molecule has 8 heteroatoms. The van der Waals surface area contributed by atoms with E-state index in [4.69, 9.17) is 0 Å². The Kier molecular flexibility index (Phi) is 8.21. The van der Waals surface area contributed by atoms with E-state index in [1.165, 1.54) is 23.9 Å². The van der Waals surface area contributed by atoms with Gasteiger partial charge in [-0.25, -0.2) is 14.2 Å². The predicted octanol–water partition coefficient (Wildman–Crippen LogP) is 4.20. The zero-order valence-corrected chi connectivity index (χ0v) is 18.4. The van der Waals surface area contributed by atoms with Crippen LogP contribution in [-0.2, 0) is 11.3 Å². The third kappa shape index (κ3) is 6.55. The van der Waals surface area contributed by atoms with Crippen molar-refractivity contribution in [2.75, 3.05) is 12.0 Å². The van der Waals surface area contributed by atoms with E-state index in [0.29, 0.717) is 24.3 Å². The van der Waals surface area contributed by atoms with Crippen molar-refractivity contribution in [3.8, 4) is 0 Å². The Morgan fingerprint density at radius 3 is 2.44 bits per heavy atom. The number of nitrogens with zero attached hydrogens (tertiary/aromatic N) is 2. The number of imidazole rings is 1. The lowest BCUT2D eigenvalue weighted by Gasteiger charge is -2.14. The highest BCUT2D eigenvalue weighted by atomic mass is 32.2. The summed E-state index contributed by atoms with van der Waals surface area (Å²) in [5, 5.41) is 11.9. The molecule has 6 nitrogen and oxygen atoms in total.